The molecule has 489 valence electrons. The normalized spacial score (nSPS) is 12.0. The van der Waals surface area contributed by atoms with Gasteiger partial charge in [0.15, 0.2) is 0 Å². The van der Waals surface area contributed by atoms with Crippen molar-refractivity contribution in [1.82, 2.24) is 14.5 Å². The first-order valence-corrected chi connectivity index (χ1v) is 35.9. The zero-order chi connectivity index (χ0) is 67.3. The van der Waals surface area contributed by atoms with E-state index in [2.05, 4.69) is 365 Å². The van der Waals surface area contributed by atoms with Crippen molar-refractivity contribution in [2.24, 2.45) is 0 Å². The average molecular weight is 1550 g/mol. The molecule has 15 aromatic carbocycles. The number of thiophene rings is 1. The Bertz CT molecular complexity index is 6080. The maximum absolute atomic E-state index is 10.6. The fourth-order valence-corrected chi connectivity index (χ4v) is 16.2. The van der Waals surface area contributed by atoms with Gasteiger partial charge in [0.05, 0.1) is 40.4 Å². The van der Waals surface area contributed by atoms with Crippen molar-refractivity contribution in [1.29, 1.82) is 0 Å². The van der Waals surface area contributed by atoms with Gasteiger partial charge in [-0.15, -0.1) is 19.8 Å². The van der Waals surface area contributed by atoms with Crippen molar-refractivity contribution >= 4 is 145 Å². The molecule has 3 radical (unpaired) electrons. The van der Waals surface area contributed by atoms with Crippen LogP contribution >= 0.6 is 19.8 Å². The molecule has 0 N–H and O–H groups in total. The van der Waals surface area contributed by atoms with Gasteiger partial charge in [-0.3, -0.25) is 4.98 Å². The van der Waals surface area contributed by atoms with E-state index < -0.39 is 0 Å². The van der Waals surface area contributed by atoms with Crippen LogP contribution in [0.2, 0.25) is 0 Å². The van der Waals surface area contributed by atoms with Crippen molar-refractivity contribution in [3.8, 4) is 72.6 Å². The third kappa shape index (κ3) is 12.3. The maximum atomic E-state index is 10.6. The summed E-state index contributed by atoms with van der Waals surface area (Å²) < 4.78 is 15.6. The minimum Gasteiger partial charge on any atom is -0.252 e. The summed E-state index contributed by atoms with van der Waals surface area (Å²) in [6, 6.07) is 121. The smallest absolute Gasteiger partial charge is 0.0979 e. The largest absolute Gasteiger partial charge is 0.252 e. The molecular weight excluding hydrogens is 1470 g/mol. The van der Waals surface area contributed by atoms with Crippen molar-refractivity contribution in [2.45, 2.75) is 26.7 Å². The van der Waals surface area contributed by atoms with Crippen LogP contribution in [0.15, 0.2) is 340 Å². The first-order chi connectivity index (χ1) is 49.3. The minimum absolute atomic E-state index is 0. The quantitative estimate of drug-likeness (QED) is 0.0777. The zero-order valence-corrected chi connectivity index (χ0v) is 62.1. The van der Waals surface area contributed by atoms with Gasteiger partial charge in [-0.2, -0.15) is 0 Å². The van der Waals surface area contributed by atoms with Crippen LogP contribution in [-0.4, -0.2) is 54.7 Å². The Morgan fingerprint density at radius 2 is 0.863 bits per heavy atom. The molecule has 3 aromatic heterocycles. The van der Waals surface area contributed by atoms with Gasteiger partial charge in [-0.05, 0) is 162 Å². The number of halogens is 1. The second-order valence-corrected chi connectivity index (χ2v) is 27.7. The molecule has 9 heteroatoms. The van der Waals surface area contributed by atoms with Gasteiger partial charge >= 0.3 is 26.2 Å². The van der Waals surface area contributed by atoms with Crippen LogP contribution in [-0.2, 0) is 5.41 Å². The summed E-state index contributed by atoms with van der Waals surface area (Å²) in [5.74, 6) is 0. The Morgan fingerprint density at radius 1 is 0.392 bits per heavy atom. The average Bonchev–Trinajstić information content (AvgIpc) is 1.41. The molecule has 1 unspecified atom stereocenters. The molecule has 0 saturated carbocycles. The summed E-state index contributed by atoms with van der Waals surface area (Å²) in [5, 5.41) is 9.84. The van der Waals surface area contributed by atoms with Gasteiger partial charge < -0.3 is 9.47 Å². The van der Waals surface area contributed by atoms with Crippen LogP contribution < -0.4 is 4.90 Å². The monoisotopic (exact) mass is 1550 g/mol. The predicted octanol–water partition coefficient (Wildman–Crippen LogP) is 25.6. The molecule has 0 amide bonds. The number of hydrogen-bond donors (Lipinski definition) is 0. The number of alkyl halides is 1. The Hall–Kier alpha value is -10.7. The fraction of sp³-hybridized carbons (Fsp3) is 0.0538. The number of aromatic nitrogens is 3. The van der Waals surface area contributed by atoms with E-state index in [0.29, 0.717) is 0 Å². The van der Waals surface area contributed by atoms with E-state index in [4.69, 9.17) is 9.97 Å². The molecule has 1 atom stereocenters. The van der Waals surface area contributed by atoms with Gasteiger partial charge in [0.2, 0.25) is 0 Å². The number of nitrogens with zero attached hydrogens (tertiary/aromatic N) is 4. The molecule has 1 aliphatic rings. The van der Waals surface area contributed by atoms with Gasteiger partial charge in [0.1, 0.15) is 7.57 Å². The SMILES string of the molecule is C.CC1(C)c2ccccc2-c2ccc(N(c3ccc(-c4ccccc4)cc3)c3ccc(-c4ccc5c(c4)c4ccccc4n5-c4ccccc4)cc3)cc21.[B]PCF.[BiH2].c1cc(-c2cccc(-c3cccc4c3sc3ccccc34)c2)cc(-c2cnc3c4ccccc4c4ccccc4c3n2)c1. The Morgan fingerprint density at radius 3 is 1.56 bits per heavy atom. The summed E-state index contributed by atoms with van der Waals surface area (Å²) in [4.78, 5) is 12.6. The third-order valence-corrected chi connectivity index (χ3v) is 21.2. The van der Waals surface area contributed by atoms with Crippen LogP contribution in [0.1, 0.15) is 32.4 Å². The summed E-state index contributed by atoms with van der Waals surface area (Å²) in [7, 11) is 4.65. The van der Waals surface area contributed by atoms with E-state index >= 15 is 0 Å². The Labute approximate surface area is 620 Å². The number of fused-ring (bicyclic) bond motifs is 15. The minimum atomic E-state index is -0.375. The number of hydrogen-bond acceptors (Lipinski definition) is 4. The third-order valence-electron chi connectivity index (χ3n) is 19.8. The van der Waals surface area contributed by atoms with Crippen molar-refractivity contribution in [3.05, 3.63) is 351 Å². The second-order valence-electron chi connectivity index (χ2n) is 25.9. The standard InChI is InChI=1S/C51H38N2.C40H24N2S.CH3BFP.CH4.Bi.2H/c1-51(2)47-19-11-9-17-43(47)44-31-30-42(34-48(44)51)52(40-26-21-36(22-27-40)35-13-5-3-6-14-35)41-28-23-37(24-29-41)38-25-32-50-46(33-38)45-18-10-12-20-49(45)53(50)39-15-7-4-8-16-39;1-3-17-33-30(14-1)31-15-2-4-18-34(31)39-38(33)41-24-36(42-39)28-13-8-11-26(23-28)25-10-7-12-27(22-25)29-19-9-20-35-32-16-5-6-21-37(32)43-40(29)35;2-4-1-3;;;;/h3-34H,1-2H3;1-24H;4H,1H2;1H4;;;. The first-order valence-electron chi connectivity index (χ1n) is 33.8. The molecule has 18 aromatic rings. The molecule has 3 heterocycles. The zero-order valence-electron chi connectivity index (χ0n) is 55.8. The molecular formula is C93H71BBiFN4PS. The maximum Gasteiger partial charge on any atom is 0.0979 e. The van der Waals surface area contributed by atoms with Crippen molar-refractivity contribution in [3.63, 3.8) is 0 Å². The van der Waals surface area contributed by atoms with Crippen LogP contribution in [0, 0.1) is 0 Å². The van der Waals surface area contributed by atoms with E-state index in [9.17, 15) is 4.39 Å². The van der Waals surface area contributed by atoms with Gasteiger partial charge in [0, 0.05) is 75.4 Å². The van der Waals surface area contributed by atoms with E-state index in [0.717, 1.165) is 55.7 Å². The fourth-order valence-electron chi connectivity index (χ4n) is 15.0. The van der Waals surface area contributed by atoms with Crippen LogP contribution in [0.5, 0.6) is 0 Å². The van der Waals surface area contributed by atoms with Crippen LogP contribution in [0.3, 0.4) is 0 Å². The van der Waals surface area contributed by atoms with E-state index in [1.54, 1.807) is 0 Å². The van der Waals surface area contributed by atoms with Crippen LogP contribution in [0.25, 0.3) is 147 Å². The summed E-state index contributed by atoms with van der Waals surface area (Å²) >= 11 is 1.87. The van der Waals surface area contributed by atoms with E-state index in [1.807, 2.05) is 17.5 Å². The molecule has 1 aliphatic carbocycles. The number of benzene rings is 15. The van der Waals surface area contributed by atoms with Crippen molar-refractivity contribution < 1.29 is 4.39 Å². The number of para-hydroxylation sites is 2. The molecule has 0 saturated heterocycles. The van der Waals surface area contributed by atoms with Gasteiger partial charge in [-0.1, -0.05) is 270 Å². The Kier molecular flexibility index (Phi) is 18.9. The second kappa shape index (κ2) is 28.7. The Balaban J connectivity index is 0.000000157. The molecule has 0 bridgehead atoms. The number of anilines is 3. The van der Waals surface area contributed by atoms with E-state index in [1.165, 1.54) is 120 Å². The van der Waals surface area contributed by atoms with Crippen LogP contribution in [0.4, 0.5) is 21.5 Å². The van der Waals surface area contributed by atoms with Gasteiger partial charge in [-0.25, -0.2) is 9.37 Å². The first kappa shape index (κ1) is 67.1. The molecule has 0 fully saturated rings. The number of rotatable bonds is 10. The molecule has 0 aliphatic heterocycles. The summed E-state index contributed by atoms with van der Waals surface area (Å²) in [6.45, 7) is 4.70. The predicted molar refractivity (Wildman–Crippen MR) is 443 cm³/mol. The molecule has 19 rings (SSSR count). The van der Waals surface area contributed by atoms with Crippen molar-refractivity contribution in [2.75, 3.05) is 11.3 Å². The summed E-state index contributed by atoms with van der Waals surface area (Å²) in [5.41, 5.74) is 25.8. The summed E-state index contributed by atoms with van der Waals surface area (Å²) in [6.07, 6.45) is 1.54. The topological polar surface area (TPSA) is 34.0 Å². The van der Waals surface area contributed by atoms with Gasteiger partial charge in [0.25, 0.3) is 0 Å². The molecule has 102 heavy (non-hydrogen) atoms. The molecule has 4 nitrogen and oxygen atoms in total. The molecule has 0 spiro atoms. The van der Waals surface area contributed by atoms with E-state index in [-0.39, 0.29) is 53.9 Å².